The van der Waals surface area contributed by atoms with Gasteiger partial charge in [-0.25, -0.2) is 0 Å². The second-order valence-electron chi connectivity index (χ2n) is 9.44. The molecule has 0 radical (unpaired) electrons. The van der Waals surface area contributed by atoms with Crippen molar-refractivity contribution in [1.82, 2.24) is 0 Å². The highest BCUT2D eigenvalue weighted by Crippen LogP contribution is 2.15. The summed E-state index contributed by atoms with van der Waals surface area (Å²) in [6, 6.07) is 7.45. The molecule has 0 spiro atoms. The minimum atomic E-state index is -0.328. The molecule has 0 aromatic heterocycles. The van der Waals surface area contributed by atoms with Crippen molar-refractivity contribution in [1.29, 1.82) is 0 Å². The molecule has 1 rings (SSSR count). The molecule has 0 heterocycles. The number of aliphatic hydroxyl groups excluding tert-OH is 1. The topological polar surface area (TPSA) is 116 Å². The van der Waals surface area contributed by atoms with Crippen LogP contribution in [0.2, 0.25) is 5.02 Å². The molecule has 1 N–H and O–H groups in total. The third-order valence-corrected chi connectivity index (χ3v) is 3.71. The fraction of sp³-hybridized carbons (Fsp3) is 0.630. The molecule has 8 nitrogen and oxygen atoms in total. The fourth-order valence-electron chi connectivity index (χ4n) is 1.97. The molecule has 9 heteroatoms. The van der Waals surface area contributed by atoms with E-state index < -0.39 is 0 Å². The summed E-state index contributed by atoms with van der Waals surface area (Å²) < 4.78 is 14.8. The van der Waals surface area contributed by atoms with Crippen molar-refractivity contribution in [2.45, 2.75) is 99.9 Å². The minimum absolute atomic E-state index is 0.102. The molecule has 0 aliphatic carbocycles. The lowest BCUT2D eigenvalue weighted by Crippen LogP contribution is -2.21. The van der Waals surface area contributed by atoms with Gasteiger partial charge in [-0.15, -0.1) is 0 Å². The Morgan fingerprint density at radius 3 is 1.47 bits per heavy atom. The Hall–Kier alpha value is -2.29. The van der Waals surface area contributed by atoms with Crippen LogP contribution < -0.4 is 0 Å². The summed E-state index contributed by atoms with van der Waals surface area (Å²) in [6.45, 7) is 17.7. The van der Waals surface area contributed by atoms with Gasteiger partial charge in [0.2, 0.25) is 0 Å². The van der Waals surface area contributed by atoms with Crippen molar-refractivity contribution in [3.05, 3.63) is 34.9 Å². The van der Waals surface area contributed by atoms with E-state index in [1.165, 1.54) is 13.8 Å². The number of hydrogen-bond donors (Lipinski definition) is 1. The van der Waals surface area contributed by atoms with E-state index in [0.717, 1.165) is 5.56 Å². The number of carbonyl (C=O) groups excluding carboxylic acids is 4. The zero-order valence-electron chi connectivity index (χ0n) is 23.5. The maximum Gasteiger partial charge on any atom is 0.303 e. The zero-order valence-corrected chi connectivity index (χ0v) is 24.3. The lowest BCUT2D eigenvalue weighted by molar-refractivity contribution is -0.153. The molecule has 0 amide bonds. The van der Waals surface area contributed by atoms with Gasteiger partial charge in [0.25, 0.3) is 0 Å². The van der Waals surface area contributed by atoms with Crippen molar-refractivity contribution in [2.75, 3.05) is 13.2 Å². The molecule has 0 atom stereocenters. The predicted octanol–water partition coefficient (Wildman–Crippen LogP) is 5.49. The van der Waals surface area contributed by atoms with Gasteiger partial charge in [0.05, 0.1) is 6.61 Å². The van der Waals surface area contributed by atoms with E-state index in [2.05, 4.69) is 0 Å². The lowest BCUT2D eigenvalue weighted by Gasteiger charge is -2.17. The van der Waals surface area contributed by atoms with Gasteiger partial charge in [-0.1, -0.05) is 43.6 Å². The quantitative estimate of drug-likeness (QED) is 0.458. The van der Waals surface area contributed by atoms with Crippen LogP contribution in [-0.4, -0.2) is 53.0 Å². The molecule has 0 unspecified atom stereocenters. The van der Waals surface area contributed by atoms with E-state index in [9.17, 15) is 19.2 Å². The SMILES string of the molecule is CC(=O)OC(C)(C)C.CC(=O)OC(C)(C)C.CCC(=O)CO.CCC(=O)COCc1ccccc1Cl. The van der Waals surface area contributed by atoms with Crippen LogP contribution in [0, 0.1) is 0 Å². The van der Waals surface area contributed by atoms with Gasteiger partial charge in [0.1, 0.15) is 24.4 Å². The Balaban J connectivity index is -0.000000430. The zero-order chi connectivity index (χ0) is 28.9. The van der Waals surface area contributed by atoms with E-state index in [4.69, 9.17) is 30.9 Å². The summed E-state index contributed by atoms with van der Waals surface area (Å²) in [5.41, 5.74) is 0.260. The van der Waals surface area contributed by atoms with Gasteiger partial charge in [0, 0.05) is 31.7 Å². The highest BCUT2D eigenvalue weighted by atomic mass is 35.5. The van der Waals surface area contributed by atoms with Gasteiger partial charge in [-0.2, -0.15) is 0 Å². The Morgan fingerprint density at radius 1 is 0.806 bits per heavy atom. The average Bonchev–Trinajstić information content (AvgIpc) is 2.72. The van der Waals surface area contributed by atoms with E-state index in [0.29, 0.717) is 24.5 Å². The van der Waals surface area contributed by atoms with Crippen molar-refractivity contribution in [3.63, 3.8) is 0 Å². The van der Waals surface area contributed by atoms with Gasteiger partial charge in [-0.05, 0) is 53.2 Å². The summed E-state index contributed by atoms with van der Waals surface area (Å²) in [5, 5.41) is 8.66. The molecule has 0 saturated heterocycles. The Labute approximate surface area is 221 Å². The van der Waals surface area contributed by atoms with Crippen molar-refractivity contribution in [2.24, 2.45) is 0 Å². The van der Waals surface area contributed by atoms with Crippen LogP contribution in [0.1, 0.15) is 87.6 Å². The van der Waals surface area contributed by atoms with Crippen LogP contribution in [0.15, 0.2) is 24.3 Å². The second kappa shape index (κ2) is 20.9. The van der Waals surface area contributed by atoms with E-state index in [1.807, 2.05) is 72.7 Å². The van der Waals surface area contributed by atoms with Crippen LogP contribution in [0.5, 0.6) is 0 Å². The molecule has 0 fully saturated rings. The number of rotatable bonds is 7. The standard InChI is InChI=1S/C11H13ClO2.2C6H12O2.C4H8O2/c1-2-10(13)8-14-7-9-5-3-4-6-11(9)12;2*1-5(7)8-6(2,3)4;1-2-4(6)3-5/h3-6H,2,7-8H2,1H3;2*1-4H3;5H,2-3H2,1H3. The number of ether oxygens (including phenoxy) is 3. The first kappa shape index (κ1) is 38.2. The third-order valence-electron chi connectivity index (χ3n) is 3.34. The molecule has 0 bridgehead atoms. The van der Waals surface area contributed by atoms with Gasteiger partial charge < -0.3 is 19.3 Å². The number of aliphatic hydroxyl groups is 1. The maximum absolute atomic E-state index is 10.9. The average molecular weight is 533 g/mol. The third kappa shape index (κ3) is 31.7. The highest BCUT2D eigenvalue weighted by Gasteiger charge is 2.12. The summed E-state index contributed by atoms with van der Waals surface area (Å²) in [5.74, 6) is -0.443. The molecule has 1 aromatic carbocycles. The molecule has 0 aliphatic heterocycles. The number of carbonyl (C=O) groups is 4. The number of hydrogen-bond acceptors (Lipinski definition) is 8. The van der Waals surface area contributed by atoms with Crippen LogP contribution in [0.4, 0.5) is 0 Å². The summed E-state index contributed by atoms with van der Waals surface area (Å²) >= 11 is 5.91. The van der Waals surface area contributed by atoms with Crippen molar-refractivity contribution >= 4 is 35.1 Å². The largest absolute Gasteiger partial charge is 0.460 e. The molecular formula is C27H45ClO8. The van der Waals surface area contributed by atoms with Crippen LogP contribution in [-0.2, 0) is 40.0 Å². The van der Waals surface area contributed by atoms with E-state index >= 15 is 0 Å². The number of benzene rings is 1. The van der Waals surface area contributed by atoms with Crippen LogP contribution >= 0.6 is 11.6 Å². The van der Waals surface area contributed by atoms with E-state index in [1.54, 1.807) is 6.92 Å². The number of ketones is 2. The van der Waals surface area contributed by atoms with Crippen LogP contribution in [0.3, 0.4) is 0 Å². The number of esters is 2. The highest BCUT2D eigenvalue weighted by molar-refractivity contribution is 6.31. The predicted molar refractivity (Wildman–Crippen MR) is 142 cm³/mol. The number of halogens is 1. The lowest BCUT2D eigenvalue weighted by atomic mass is 10.2. The van der Waals surface area contributed by atoms with Gasteiger partial charge in [-0.3, -0.25) is 19.2 Å². The maximum atomic E-state index is 10.9. The summed E-state index contributed by atoms with van der Waals surface area (Å²) in [6.07, 6.45) is 0.957. The first-order valence-corrected chi connectivity index (χ1v) is 12.1. The molecule has 0 aliphatic rings. The Kier molecular flexibility index (Phi) is 22.2. The Morgan fingerprint density at radius 2 is 1.22 bits per heavy atom. The fourth-order valence-corrected chi connectivity index (χ4v) is 2.16. The normalized spacial score (nSPS) is 10.2. The monoisotopic (exact) mass is 532 g/mol. The molecule has 1 aromatic rings. The minimum Gasteiger partial charge on any atom is -0.460 e. The van der Waals surface area contributed by atoms with Gasteiger partial charge >= 0.3 is 11.9 Å². The first-order chi connectivity index (χ1) is 16.4. The van der Waals surface area contributed by atoms with Crippen molar-refractivity contribution < 1.29 is 38.5 Å². The molecule has 208 valence electrons. The van der Waals surface area contributed by atoms with Gasteiger partial charge in [0.15, 0.2) is 11.6 Å². The Bertz CT molecular complexity index is 745. The van der Waals surface area contributed by atoms with Crippen LogP contribution in [0.25, 0.3) is 0 Å². The molecule has 0 saturated carbocycles. The molecule has 36 heavy (non-hydrogen) atoms. The summed E-state index contributed by atoms with van der Waals surface area (Å²) in [7, 11) is 0. The summed E-state index contributed by atoms with van der Waals surface area (Å²) in [4.78, 5) is 41.3. The second-order valence-corrected chi connectivity index (χ2v) is 9.85. The van der Waals surface area contributed by atoms with Crippen molar-refractivity contribution in [3.8, 4) is 0 Å². The first-order valence-electron chi connectivity index (χ1n) is 11.7. The molecular weight excluding hydrogens is 488 g/mol. The number of Topliss-reactive ketones (excluding diaryl/α,β-unsaturated/α-hetero) is 2. The van der Waals surface area contributed by atoms with E-state index in [-0.39, 0.29) is 47.9 Å². The smallest absolute Gasteiger partial charge is 0.303 e.